The number of carbonyl (C=O) groups excluding carboxylic acids is 3. The molecule has 74 valence electrons. The Morgan fingerprint density at radius 3 is 2.00 bits per heavy atom. The number of imide groups is 2. The van der Waals surface area contributed by atoms with E-state index in [1.54, 1.807) is 0 Å². The molecule has 1 fully saturated rings. The van der Waals surface area contributed by atoms with Crippen LogP contribution in [0.3, 0.4) is 0 Å². The van der Waals surface area contributed by atoms with E-state index in [1.807, 2.05) is 13.8 Å². The zero-order valence-corrected chi connectivity index (χ0v) is 10.6. The molecule has 0 spiro atoms. The molecule has 14 heavy (non-hydrogen) atoms. The van der Waals surface area contributed by atoms with Crippen molar-refractivity contribution in [2.75, 3.05) is 0 Å². The Balaban J connectivity index is 0. The van der Waals surface area contributed by atoms with E-state index < -0.39 is 23.8 Å². The molecular weight excluding hydrogens is 195 g/mol. The van der Waals surface area contributed by atoms with Crippen molar-refractivity contribution in [3.05, 3.63) is 0 Å². The first kappa shape index (κ1) is 13.6. The molecule has 0 aromatic carbocycles. The molecule has 0 aromatic heterocycles. The van der Waals surface area contributed by atoms with Gasteiger partial charge in [-0.2, -0.15) is 0 Å². The van der Waals surface area contributed by atoms with Crippen molar-refractivity contribution in [2.24, 2.45) is 11.8 Å². The summed E-state index contributed by atoms with van der Waals surface area (Å²) in [4.78, 5) is 33.0. The summed E-state index contributed by atoms with van der Waals surface area (Å²) in [5.41, 5.74) is 0. The van der Waals surface area contributed by atoms with E-state index in [9.17, 15) is 14.4 Å². The summed E-state index contributed by atoms with van der Waals surface area (Å²) in [7, 11) is 0. The quantitative estimate of drug-likeness (QED) is 0.378. The Labute approximate surface area is 106 Å². The molecule has 6 heteroatoms. The first-order chi connectivity index (χ1) is 6.00. The van der Waals surface area contributed by atoms with Crippen molar-refractivity contribution in [3.63, 3.8) is 0 Å². The molecule has 0 atom stereocenters. The maximum absolute atomic E-state index is 11.2. The second kappa shape index (κ2) is 5.48. The molecule has 0 radical (unpaired) electrons. The molecule has 2 N–H and O–H groups in total. The number of urea groups is 1. The summed E-state index contributed by atoms with van der Waals surface area (Å²) in [6.07, 6.45) is 0.463. The van der Waals surface area contributed by atoms with Crippen molar-refractivity contribution in [1.29, 1.82) is 0 Å². The molecule has 0 unspecified atom stereocenters. The van der Waals surface area contributed by atoms with Crippen LogP contribution >= 0.6 is 0 Å². The molecule has 1 aliphatic rings. The van der Waals surface area contributed by atoms with Crippen molar-refractivity contribution in [2.45, 2.75) is 20.3 Å². The van der Waals surface area contributed by atoms with Crippen LogP contribution in [-0.2, 0) is 9.59 Å². The standard InChI is InChI=1S/C8H12N2O3.Na.H/c1-4(2)3-5-6(11)9-8(13)10-7(5)12;;/h4-5H,3H2,1-2H3,(H2,9,10,11,12,13);;/q;+1;-1. The minimum atomic E-state index is -0.727. The molecule has 1 saturated heterocycles. The molecule has 1 rings (SSSR count). The van der Waals surface area contributed by atoms with Gasteiger partial charge in [0, 0.05) is 0 Å². The predicted octanol–water partition coefficient (Wildman–Crippen LogP) is -2.87. The SMILES string of the molecule is CC(C)CC1C(=O)NC(=O)NC1=O.[H-].[Na+]. The van der Waals surface area contributed by atoms with E-state index in [1.165, 1.54) is 0 Å². The summed E-state index contributed by atoms with van der Waals surface area (Å²) in [5, 5.41) is 4.11. The minimum Gasteiger partial charge on any atom is -1.00 e. The normalized spacial score (nSPS) is 17.5. The first-order valence-electron chi connectivity index (χ1n) is 4.16. The Hall–Kier alpha value is -0.390. The van der Waals surface area contributed by atoms with Crippen LogP contribution in [-0.4, -0.2) is 17.8 Å². The van der Waals surface area contributed by atoms with Gasteiger partial charge >= 0.3 is 35.6 Å². The van der Waals surface area contributed by atoms with Gasteiger partial charge in [-0.3, -0.25) is 20.2 Å². The molecular formula is C8H13N2NaO3. The predicted molar refractivity (Wildman–Crippen MR) is 45.7 cm³/mol. The summed E-state index contributed by atoms with van der Waals surface area (Å²) in [5.74, 6) is -1.47. The Bertz CT molecular complexity index is 251. The van der Waals surface area contributed by atoms with Crippen LogP contribution in [0.4, 0.5) is 4.79 Å². The fraction of sp³-hybridized carbons (Fsp3) is 0.625. The van der Waals surface area contributed by atoms with E-state index in [4.69, 9.17) is 0 Å². The number of rotatable bonds is 2. The number of nitrogens with one attached hydrogen (secondary N) is 2. The number of amides is 4. The van der Waals surface area contributed by atoms with Crippen molar-refractivity contribution >= 4 is 17.8 Å². The number of barbiturate groups is 1. The fourth-order valence-corrected chi connectivity index (χ4v) is 1.23. The van der Waals surface area contributed by atoms with E-state index in [0.29, 0.717) is 6.42 Å². The summed E-state index contributed by atoms with van der Waals surface area (Å²) < 4.78 is 0. The molecule has 1 aliphatic heterocycles. The van der Waals surface area contributed by atoms with Gasteiger partial charge in [-0.1, -0.05) is 13.8 Å². The summed E-state index contributed by atoms with van der Waals surface area (Å²) >= 11 is 0. The maximum Gasteiger partial charge on any atom is 1.00 e. The van der Waals surface area contributed by atoms with Crippen LogP contribution in [0.2, 0.25) is 0 Å². The number of hydrogen-bond acceptors (Lipinski definition) is 3. The van der Waals surface area contributed by atoms with Crippen LogP contribution in [0, 0.1) is 11.8 Å². The van der Waals surface area contributed by atoms with E-state index in [0.717, 1.165) is 0 Å². The van der Waals surface area contributed by atoms with Gasteiger partial charge in [0.1, 0.15) is 5.92 Å². The molecule has 5 nitrogen and oxygen atoms in total. The fourth-order valence-electron chi connectivity index (χ4n) is 1.23. The van der Waals surface area contributed by atoms with E-state index in [-0.39, 0.29) is 36.9 Å². The largest absolute Gasteiger partial charge is 1.00 e. The van der Waals surface area contributed by atoms with Gasteiger partial charge in [0.25, 0.3) is 0 Å². The van der Waals surface area contributed by atoms with Gasteiger partial charge in [0.05, 0.1) is 0 Å². The Kier molecular flexibility index (Phi) is 5.33. The minimum absolute atomic E-state index is 0. The van der Waals surface area contributed by atoms with Crippen molar-refractivity contribution < 1.29 is 45.4 Å². The van der Waals surface area contributed by atoms with E-state index >= 15 is 0 Å². The zero-order chi connectivity index (χ0) is 10.0. The van der Waals surface area contributed by atoms with Gasteiger partial charge in [-0.15, -0.1) is 0 Å². The molecule has 1 heterocycles. The third-order valence-corrected chi connectivity index (χ3v) is 1.81. The van der Waals surface area contributed by atoms with E-state index in [2.05, 4.69) is 10.6 Å². The molecule has 0 aromatic rings. The summed E-state index contributed by atoms with van der Waals surface area (Å²) in [6.45, 7) is 3.83. The smallest absolute Gasteiger partial charge is 1.00 e. The summed E-state index contributed by atoms with van der Waals surface area (Å²) in [6, 6.07) is -0.727. The zero-order valence-electron chi connectivity index (χ0n) is 9.59. The third kappa shape index (κ3) is 3.40. The monoisotopic (exact) mass is 208 g/mol. The molecule has 0 saturated carbocycles. The van der Waals surface area contributed by atoms with Crippen LogP contribution in [0.5, 0.6) is 0 Å². The third-order valence-electron chi connectivity index (χ3n) is 1.81. The first-order valence-corrected chi connectivity index (χ1v) is 4.16. The van der Waals surface area contributed by atoms with Gasteiger partial charge in [-0.05, 0) is 12.3 Å². The van der Waals surface area contributed by atoms with Crippen molar-refractivity contribution in [3.8, 4) is 0 Å². The van der Waals surface area contributed by atoms with Gasteiger partial charge in [0.15, 0.2) is 0 Å². The number of carbonyl (C=O) groups is 3. The second-order valence-electron chi connectivity index (χ2n) is 3.49. The van der Waals surface area contributed by atoms with Crippen LogP contribution in [0.1, 0.15) is 21.7 Å². The second-order valence-corrected chi connectivity index (χ2v) is 3.49. The van der Waals surface area contributed by atoms with Gasteiger partial charge < -0.3 is 1.43 Å². The molecule has 0 aliphatic carbocycles. The van der Waals surface area contributed by atoms with Crippen LogP contribution < -0.4 is 40.2 Å². The Morgan fingerprint density at radius 2 is 1.64 bits per heavy atom. The topological polar surface area (TPSA) is 75.3 Å². The number of hydrogen-bond donors (Lipinski definition) is 2. The van der Waals surface area contributed by atoms with Gasteiger partial charge in [-0.25, -0.2) is 4.79 Å². The molecule has 0 bridgehead atoms. The van der Waals surface area contributed by atoms with Gasteiger partial charge in [0.2, 0.25) is 11.8 Å². The molecule has 4 amide bonds. The average Bonchev–Trinajstić information content (AvgIpc) is 1.96. The van der Waals surface area contributed by atoms with Crippen LogP contribution in [0.15, 0.2) is 0 Å². The average molecular weight is 208 g/mol. The van der Waals surface area contributed by atoms with Crippen LogP contribution in [0.25, 0.3) is 0 Å². The van der Waals surface area contributed by atoms with Crippen molar-refractivity contribution in [1.82, 2.24) is 10.6 Å². The Morgan fingerprint density at radius 1 is 1.21 bits per heavy atom. The maximum atomic E-state index is 11.2.